The summed E-state index contributed by atoms with van der Waals surface area (Å²) in [6.07, 6.45) is 4.62. The fourth-order valence-electron chi connectivity index (χ4n) is 3.76. The van der Waals surface area contributed by atoms with Gasteiger partial charge in [-0.25, -0.2) is 4.68 Å². The summed E-state index contributed by atoms with van der Waals surface area (Å²) in [7, 11) is 0. The molecule has 4 rings (SSSR count). The van der Waals surface area contributed by atoms with E-state index in [4.69, 9.17) is 0 Å². The van der Waals surface area contributed by atoms with E-state index < -0.39 is 0 Å². The second-order valence-corrected chi connectivity index (χ2v) is 8.68. The van der Waals surface area contributed by atoms with Gasteiger partial charge in [0.1, 0.15) is 0 Å². The third-order valence-corrected chi connectivity index (χ3v) is 6.38. The standard InChI is InChI=1S/C22H25N5OS/c1-16(29-22-24-25-26-27(22)19-14-8-9-15-19)21(28)23-20(17-10-4-2-5-11-17)18-12-6-3-7-13-18/h2-7,10-13,16,19-20H,8-9,14-15H2,1H3,(H,23,28)/t16-/m0/s1. The molecule has 3 aromatic rings. The number of aromatic nitrogens is 4. The zero-order chi connectivity index (χ0) is 20.1. The number of nitrogens with zero attached hydrogens (tertiary/aromatic N) is 4. The quantitative estimate of drug-likeness (QED) is 0.595. The van der Waals surface area contributed by atoms with Crippen molar-refractivity contribution >= 4 is 17.7 Å². The molecule has 29 heavy (non-hydrogen) atoms. The minimum atomic E-state index is -0.309. The van der Waals surface area contributed by atoms with Crippen LogP contribution in [0.1, 0.15) is 55.8 Å². The Labute approximate surface area is 175 Å². The zero-order valence-electron chi connectivity index (χ0n) is 16.4. The van der Waals surface area contributed by atoms with Crippen LogP contribution in [0.3, 0.4) is 0 Å². The van der Waals surface area contributed by atoms with E-state index in [9.17, 15) is 4.79 Å². The van der Waals surface area contributed by atoms with E-state index in [2.05, 4.69) is 20.8 Å². The molecule has 0 radical (unpaired) electrons. The van der Waals surface area contributed by atoms with Crippen molar-refractivity contribution in [1.82, 2.24) is 25.5 Å². The van der Waals surface area contributed by atoms with Gasteiger partial charge in [0, 0.05) is 0 Å². The minimum Gasteiger partial charge on any atom is -0.344 e. The summed E-state index contributed by atoms with van der Waals surface area (Å²) >= 11 is 1.42. The lowest BCUT2D eigenvalue weighted by Gasteiger charge is -2.22. The number of hydrogen-bond acceptors (Lipinski definition) is 5. The van der Waals surface area contributed by atoms with Crippen LogP contribution < -0.4 is 5.32 Å². The number of tetrazole rings is 1. The molecule has 1 N–H and O–H groups in total. The average Bonchev–Trinajstić information content (AvgIpc) is 3.45. The van der Waals surface area contributed by atoms with Crippen LogP contribution in [0.15, 0.2) is 65.8 Å². The number of carbonyl (C=O) groups is 1. The average molecular weight is 408 g/mol. The van der Waals surface area contributed by atoms with Crippen LogP contribution in [-0.2, 0) is 4.79 Å². The fourth-order valence-corrected chi connectivity index (χ4v) is 4.63. The normalized spacial score (nSPS) is 15.5. The van der Waals surface area contributed by atoms with Crippen LogP contribution in [0.5, 0.6) is 0 Å². The Balaban J connectivity index is 1.49. The summed E-state index contributed by atoms with van der Waals surface area (Å²) in [5.74, 6) is -0.0336. The van der Waals surface area contributed by atoms with Crippen molar-refractivity contribution in [2.24, 2.45) is 0 Å². The Bertz CT molecular complexity index is 885. The first-order chi connectivity index (χ1) is 14.2. The summed E-state index contributed by atoms with van der Waals surface area (Å²) in [5, 5.41) is 15.8. The van der Waals surface area contributed by atoms with Gasteiger partial charge in [-0.2, -0.15) is 0 Å². The van der Waals surface area contributed by atoms with E-state index >= 15 is 0 Å². The molecule has 1 fully saturated rings. The number of benzene rings is 2. The highest BCUT2D eigenvalue weighted by molar-refractivity contribution is 8.00. The molecule has 1 aromatic heterocycles. The summed E-state index contributed by atoms with van der Waals surface area (Å²) < 4.78 is 1.90. The van der Waals surface area contributed by atoms with Crippen molar-refractivity contribution < 1.29 is 4.79 Å². The Morgan fingerprint density at radius 1 is 1.03 bits per heavy atom. The molecule has 1 amide bonds. The van der Waals surface area contributed by atoms with Crippen LogP contribution >= 0.6 is 11.8 Å². The van der Waals surface area contributed by atoms with Gasteiger partial charge in [0.2, 0.25) is 11.1 Å². The summed E-state index contributed by atoms with van der Waals surface area (Å²) in [4.78, 5) is 13.0. The first-order valence-corrected chi connectivity index (χ1v) is 10.9. The molecule has 150 valence electrons. The molecule has 2 aromatic carbocycles. The predicted molar refractivity (Wildman–Crippen MR) is 114 cm³/mol. The molecule has 1 saturated carbocycles. The topological polar surface area (TPSA) is 72.7 Å². The highest BCUT2D eigenvalue weighted by atomic mass is 32.2. The molecular weight excluding hydrogens is 382 g/mol. The van der Waals surface area contributed by atoms with Gasteiger partial charge in [0.15, 0.2) is 0 Å². The van der Waals surface area contributed by atoms with Crippen molar-refractivity contribution in [3.8, 4) is 0 Å². The lowest BCUT2D eigenvalue weighted by Crippen LogP contribution is -2.35. The molecule has 0 aliphatic heterocycles. The monoisotopic (exact) mass is 407 g/mol. The number of thioether (sulfide) groups is 1. The number of nitrogens with one attached hydrogen (secondary N) is 1. The maximum absolute atomic E-state index is 13.0. The van der Waals surface area contributed by atoms with Crippen LogP contribution in [0, 0.1) is 0 Å². The van der Waals surface area contributed by atoms with E-state index in [0.29, 0.717) is 6.04 Å². The Kier molecular flexibility index (Phi) is 6.24. The van der Waals surface area contributed by atoms with Crippen LogP contribution in [0.4, 0.5) is 0 Å². The molecule has 7 heteroatoms. The molecule has 0 bridgehead atoms. The molecule has 6 nitrogen and oxygen atoms in total. The largest absolute Gasteiger partial charge is 0.344 e. The van der Waals surface area contributed by atoms with Gasteiger partial charge in [0.25, 0.3) is 0 Å². The van der Waals surface area contributed by atoms with E-state index in [1.165, 1.54) is 24.6 Å². The van der Waals surface area contributed by atoms with Crippen molar-refractivity contribution in [3.63, 3.8) is 0 Å². The fraction of sp³-hybridized carbons (Fsp3) is 0.364. The van der Waals surface area contributed by atoms with E-state index in [1.807, 2.05) is 72.3 Å². The Morgan fingerprint density at radius 2 is 1.62 bits per heavy atom. The second-order valence-electron chi connectivity index (χ2n) is 7.37. The second kappa shape index (κ2) is 9.22. The van der Waals surface area contributed by atoms with E-state index in [1.54, 1.807) is 0 Å². The van der Waals surface area contributed by atoms with Crippen molar-refractivity contribution in [2.75, 3.05) is 0 Å². The number of hydrogen-bond donors (Lipinski definition) is 1. The first kappa shape index (κ1) is 19.6. The predicted octanol–water partition coefficient (Wildman–Crippen LogP) is 4.17. The molecular formula is C22H25N5OS. The maximum Gasteiger partial charge on any atom is 0.234 e. The van der Waals surface area contributed by atoms with Gasteiger partial charge in [0.05, 0.1) is 17.3 Å². The summed E-state index contributed by atoms with van der Waals surface area (Å²) in [6.45, 7) is 1.90. The zero-order valence-corrected chi connectivity index (χ0v) is 17.3. The molecule has 0 spiro atoms. The van der Waals surface area contributed by atoms with Gasteiger partial charge >= 0.3 is 0 Å². The smallest absolute Gasteiger partial charge is 0.234 e. The van der Waals surface area contributed by atoms with E-state index in [0.717, 1.165) is 29.1 Å². The first-order valence-electron chi connectivity index (χ1n) is 10.1. The van der Waals surface area contributed by atoms with Crippen molar-refractivity contribution in [3.05, 3.63) is 71.8 Å². The Morgan fingerprint density at radius 3 is 2.21 bits per heavy atom. The van der Waals surface area contributed by atoms with Gasteiger partial charge < -0.3 is 5.32 Å². The summed E-state index contributed by atoms with van der Waals surface area (Å²) in [5.41, 5.74) is 2.11. The molecule has 1 atom stereocenters. The number of carbonyl (C=O) groups excluding carboxylic acids is 1. The Hall–Kier alpha value is -2.67. The van der Waals surface area contributed by atoms with Crippen LogP contribution in [0.25, 0.3) is 0 Å². The summed E-state index contributed by atoms with van der Waals surface area (Å²) in [6, 6.07) is 20.2. The maximum atomic E-state index is 13.0. The molecule has 0 saturated heterocycles. The minimum absolute atomic E-state index is 0.0336. The lowest BCUT2D eigenvalue weighted by atomic mass is 9.98. The van der Waals surface area contributed by atoms with Gasteiger partial charge in [-0.3, -0.25) is 4.79 Å². The number of amides is 1. The van der Waals surface area contributed by atoms with Crippen LogP contribution in [0.2, 0.25) is 0 Å². The van der Waals surface area contributed by atoms with Crippen LogP contribution in [-0.4, -0.2) is 31.4 Å². The molecule has 0 unspecified atom stereocenters. The molecule has 1 heterocycles. The number of rotatable bonds is 7. The highest BCUT2D eigenvalue weighted by Gasteiger charge is 2.26. The SMILES string of the molecule is C[C@H](Sc1nnnn1C1CCCC1)C(=O)NC(c1ccccc1)c1ccccc1. The third kappa shape index (κ3) is 4.67. The van der Waals surface area contributed by atoms with Crippen molar-refractivity contribution in [1.29, 1.82) is 0 Å². The molecule has 1 aliphatic rings. The highest BCUT2D eigenvalue weighted by Crippen LogP contribution is 2.32. The van der Waals surface area contributed by atoms with E-state index in [-0.39, 0.29) is 17.2 Å². The van der Waals surface area contributed by atoms with Crippen molar-refractivity contribution in [2.45, 2.75) is 55.1 Å². The third-order valence-electron chi connectivity index (χ3n) is 5.34. The van der Waals surface area contributed by atoms with Gasteiger partial charge in [-0.05, 0) is 41.3 Å². The van der Waals surface area contributed by atoms with Gasteiger partial charge in [-0.15, -0.1) is 5.10 Å². The lowest BCUT2D eigenvalue weighted by molar-refractivity contribution is -0.120. The van der Waals surface area contributed by atoms with Gasteiger partial charge in [-0.1, -0.05) is 85.3 Å². The molecule has 1 aliphatic carbocycles.